The molecule has 182 valence electrons. The zero-order valence-electron chi connectivity index (χ0n) is 17.5. The first-order chi connectivity index (χ1) is 12.0. The second kappa shape index (κ2) is 15.2. The average molecular weight is 510 g/mol. The molecule has 0 aromatic rings. The lowest BCUT2D eigenvalue weighted by Crippen LogP contribution is -2.09. The van der Waals surface area contributed by atoms with Crippen molar-refractivity contribution in [3.8, 4) is 0 Å². The van der Waals surface area contributed by atoms with Gasteiger partial charge >= 0.3 is 23.0 Å². The van der Waals surface area contributed by atoms with E-state index in [-0.39, 0.29) is 19.6 Å². The van der Waals surface area contributed by atoms with Crippen molar-refractivity contribution in [2.24, 2.45) is 0 Å². The van der Waals surface area contributed by atoms with Gasteiger partial charge in [-0.2, -0.15) is 8.42 Å². The quantitative estimate of drug-likeness (QED) is 0.319. The summed E-state index contributed by atoms with van der Waals surface area (Å²) < 4.78 is 69.4. The summed E-state index contributed by atoms with van der Waals surface area (Å²) in [7, 11) is -14.8. The van der Waals surface area contributed by atoms with Gasteiger partial charge < -0.3 is 19.2 Å². The third kappa shape index (κ3) is 43.2. The molecule has 0 rings (SSSR count). The third-order valence-electron chi connectivity index (χ3n) is 1.37. The van der Waals surface area contributed by atoms with E-state index >= 15 is 0 Å². The highest BCUT2D eigenvalue weighted by atomic mass is 32.2. The van der Waals surface area contributed by atoms with Crippen LogP contribution in [0.5, 0.6) is 0 Å². The van der Waals surface area contributed by atoms with Crippen LogP contribution in [-0.2, 0) is 41.4 Å². The Balaban J connectivity index is -0.000000164. The van der Waals surface area contributed by atoms with E-state index in [9.17, 15) is 22.1 Å². The number of rotatable bonds is 8. The van der Waals surface area contributed by atoms with Gasteiger partial charge in [0, 0.05) is 13.3 Å². The molecule has 0 saturated carbocycles. The molecule has 0 aliphatic heterocycles. The van der Waals surface area contributed by atoms with Gasteiger partial charge in [0.05, 0.1) is 24.6 Å². The monoisotopic (exact) mass is 510 g/mol. The standard InChI is InChI=1S/C4H12O6P2.C4H11O3P.C4H10O3S.CH4/c1-4(2)9-12(7,8)10-11(3,5)6;2*1-4(2)7-8(3,5)6;/h4H,1-3H3,(H,5,6)(H,7,8);4H,1-3H3,(H,5,6);4H,1-3H3;1H4. The van der Waals surface area contributed by atoms with Gasteiger partial charge in [-0.1, -0.05) is 7.43 Å². The highest BCUT2D eigenvalue weighted by Crippen LogP contribution is 2.58. The van der Waals surface area contributed by atoms with Crippen molar-refractivity contribution in [1.82, 2.24) is 0 Å². The van der Waals surface area contributed by atoms with Crippen LogP contribution < -0.4 is 0 Å². The van der Waals surface area contributed by atoms with E-state index in [1.165, 1.54) is 20.5 Å². The van der Waals surface area contributed by atoms with E-state index in [4.69, 9.17) is 14.7 Å². The topological polar surface area (TPSA) is 183 Å². The van der Waals surface area contributed by atoms with E-state index in [2.05, 4.69) is 17.5 Å². The number of phosphoric ester groups is 1. The second-order valence-electron chi connectivity index (χ2n) is 6.31. The Morgan fingerprint density at radius 3 is 1.17 bits per heavy atom. The molecule has 0 spiro atoms. The highest BCUT2D eigenvalue weighted by Gasteiger charge is 2.30. The van der Waals surface area contributed by atoms with Gasteiger partial charge in [0.2, 0.25) is 0 Å². The zero-order chi connectivity index (χ0) is 23.6. The van der Waals surface area contributed by atoms with Crippen molar-refractivity contribution >= 4 is 33.1 Å². The number of phosphoric acid groups is 1. The predicted molar refractivity (Wildman–Crippen MR) is 113 cm³/mol. The van der Waals surface area contributed by atoms with Crippen LogP contribution in [0.25, 0.3) is 0 Å². The van der Waals surface area contributed by atoms with Gasteiger partial charge in [-0.25, -0.2) is 8.88 Å². The van der Waals surface area contributed by atoms with Crippen molar-refractivity contribution in [2.75, 3.05) is 19.6 Å². The summed E-state index contributed by atoms with van der Waals surface area (Å²) in [4.78, 5) is 25.9. The molecule has 0 fully saturated rings. The van der Waals surface area contributed by atoms with E-state index in [1.807, 2.05) is 0 Å². The van der Waals surface area contributed by atoms with E-state index in [0.717, 1.165) is 12.9 Å². The Bertz CT molecular complexity index is 663. The van der Waals surface area contributed by atoms with Crippen LogP contribution >= 0.6 is 23.0 Å². The maximum atomic E-state index is 10.8. The Kier molecular flexibility index (Phi) is 19.3. The van der Waals surface area contributed by atoms with Crippen LogP contribution in [0.1, 0.15) is 49.0 Å². The van der Waals surface area contributed by atoms with Crippen molar-refractivity contribution in [1.29, 1.82) is 0 Å². The fraction of sp³-hybridized carbons (Fsp3) is 1.00. The molecule has 0 heterocycles. The molecule has 0 radical (unpaired) electrons. The molecular weight excluding hydrogens is 473 g/mol. The van der Waals surface area contributed by atoms with Crippen LogP contribution in [0.3, 0.4) is 0 Å². The molecular formula is C13H37O12P3S. The lowest BCUT2D eigenvalue weighted by atomic mass is 10.5. The molecule has 0 aromatic carbocycles. The Labute approximate surface area is 174 Å². The summed E-state index contributed by atoms with van der Waals surface area (Å²) in [5.74, 6) is 0. The van der Waals surface area contributed by atoms with Crippen LogP contribution in [0.2, 0.25) is 0 Å². The second-order valence-corrected chi connectivity index (χ2v) is 13.1. The molecule has 0 aromatic heterocycles. The van der Waals surface area contributed by atoms with E-state index < -0.39 is 39.2 Å². The van der Waals surface area contributed by atoms with Crippen LogP contribution in [0.4, 0.5) is 0 Å². The summed E-state index contributed by atoms with van der Waals surface area (Å²) in [6.45, 7) is 11.8. The number of hydrogen-bond donors (Lipinski definition) is 3. The minimum Gasteiger partial charge on any atom is -0.324 e. The fourth-order valence-electron chi connectivity index (χ4n) is 1.22. The van der Waals surface area contributed by atoms with Gasteiger partial charge in [-0.15, -0.1) is 0 Å². The van der Waals surface area contributed by atoms with Gasteiger partial charge in [-0.05, 0) is 41.5 Å². The first kappa shape index (κ1) is 36.7. The van der Waals surface area contributed by atoms with Crippen molar-refractivity contribution < 1.29 is 54.3 Å². The molecule has 0 aliphatic rings. The summed E-state index contributed by atoms with van der Waals surface area (Å²) >= 11 is 0. The van der Waals surface area contributed by atoms with Gasteiger partial charge in [0.25, 0.3) is 10.1 Å². The third-order valence-corrected chi connectivity index (χ3v) is 5.65. The maximum Gasteiger partial charge on any atom is 0.479 e. The van der Waals surface area contributed by atoms with Crippen LogP contribution in [-0.4, -0.2) is 61.0 Å². The van der Waals surface area contributed by atoms with Crippen LogP contribution in [0, 0.1) is 0 Å². The van der Waals surface area contributed by atoms with Gasteiger partial charge in [0.1, 0.15) is 0 Å². The highest BCUT2D eigenvalue weighted by molar-refractivity contribution is 7.86. The Morgan fingerprint density at radius 2 is 1.07 bits per heavy atom. The largest absolute Gasteiger partial charge is 0.479 e. The Hall–Kier alpha value is 0.360. The average Bonchev–Trinajstić information content (AvgIpc) is 2.15. The number of hydrogen-bond acceptors (Lipinski definition) is 9. The fourth-order valence-corrected chi connectivity index (χ4v) is 4.92. The maximum absolute atomic E-state index is 10.8. The lowest BCUT2D eigenvalue weighted by Gasteiger charge is -2.15. The summed E-state index contributed by atoms with van der Waals surface area (Å²) in [6.07, 6.45) is 0.0701. The summed E-state index contributed by atoms with van der Waals surface area (Å²) in [6, 6.07) is 0. The summed E-state index contributed by atoms with van der Waals surface area (Å²) in [5, 5.41) is 0. The molecule has 16 heteroatoms. The van der Waals surface area contributed by atoms with Crippen LogP contribution in [0.15, 0.2) is 0 Å². The SMILES string of the molecule is C.CC(C)OP(=O)(O)OP(C)(=O)O.CC(C)OP(C)(=O)O.CC(C)OS(C)(=O)=O. The smallest absolute Gasteiger partial charge is 0.324 e. The predicted octanol–water partition coefficient (Wildman–Crippen LogP) is 3.58. The van der Waals surface area contributed by atoms with E-state index in [1.54, 1.807) is 27.7 Å². The normalized spacial score (nSPS) is 17.6. The Morgan fingerprint density at radius 1 is 0.724 bits per heavy atom. The first-order valence-corrected chi connectivity index (χ1v) is 15.2. The zero-order valence-corrected chi connectivity index (χ0v) is 21.0. The molecule has 0 bridgehead atoms. The minimum absolute atomic E-state index is 0. The molecule has 0 aliphatic carbocycles. The van der Waals surface area contributed by atoms with E-state index in [0.29, 0.717) is 0 Å². The van der Waals surface area contributed by atoms with Crippen molar-refractivity contribution in [2.45, 2.75) is 67.3 Å². The molecule has 12 nitrogen and oxygen atoms in total. The minimum atomic E-state index is -4.38. The molecule has 3 N–H and O–H groups in total. The lowest BCUT2D eigenvalue weighted by molar-refractivity contribution is 0.157. The van der Waals surface area contributed by atoms with Crippen molar-refractivity contribution in [3.63, 3.8) is 0 Å². The van der Waals surface area contributed by atoms with Gasteiger partial charge in [0.15, 0.2) is 0 Å². The molecule has 3 atom stereocenters. The molecule has 3 unspecified atom stereocenters. The molecule has 0 saturated heterocycles. The summed E-state index contributed by atoms with van der Waals surface area (Å²) in [5.41, 5.74) is 0. The van der Waals surface area contributed by atoms with Gasteiger partial charge in [-0.3, -0.25) is 17.8 Å². The first-order valence-electron chi connectivity index (χ1n) is 7.85. The molecule has 0 amide bonds. The van der Waals surface area contributed by atoms with Crippen molar-refractivity contribution in [3.05, 3.63) is 0 Å². The molecule has 29 heavy (non-hydrogen) atoms.